The van der Waals surface area contributed by atoms with Crippen molar-refractivity contribution < 1.29 is 8.42 Å². The molecule has 3 heterocycles. The fourth-order valence-corrected chi connectivity index (χ4v) is 4.19. The largest absolute Gasteiger partial charge is 0.381 e. The first-order valence-corrected chi connectivity index (χ1v) is 8.55. The molecule has 0 aliphatic heterocycles. The Morgan fingerprint density at radius 1 is 1.48 bits per heavy atom. The van der Waals surface area contributed by atoms with Crippen molar-refractivity contribution in [2.45, 2.75) is 18.4 Å². The van der Waals surface area contributed by atoms with E-state index in [0.29, 0.717) is 22.8 Å². The van der Waals surface area contributed by atoms with Crippen molar-refractivity contribution in [3.05, 3.63) is 23.5 Å². The highest BCUT2D eigenvalue weighted by Crippen LogP contribution is 2.26. The van der Waals surface area contributed by atoms with Gasteiger partial charge in [0.1, 0.15) is 0 Å². The van der Waals surface area contributed by atoms with Gasteiger partial charge in [-0.15, -0.1) is 11.3 Å². The third kappa shape index (κ3) is 2.25. The maximum absolute atomic E-state index is 12.6. The summed E-state index contributed by atoms with van der Waals surface area (Å²) in [6.45, 7) is 1.91. The Bertz CT molecular complexity index is 905. The van der Waals surface area contributed by atoms with Crippen LogP contribution in [0.4, 0.5) is 11.5 Å². The maximum Gasteiger partial charge on any atom is 0.281 e. The molecular formula is C11H14N6O2S2. The number of rotatable bonds is 4. The molecule has 8 nitrogen and oxygen atoms in total. The normalized spacial score (nSPS) is 12.1. The van der Waals surface area contributed by atoms with Crippen molar-refractivity contribution in [3.8, 4) is 0 Å². The lowest BCUT2D eigenvalue weighted by atomic mass is 10.3. The number of aromatic nitrogens is 4. The third-order valence-electron chi connectivity index (χ3n) is 2.98. The zero-order valence-corrected chi connectivity index (χ0v) is 13.1. The number of fused-ring (bicyclic) bond motifs is 1. The molecule has 10 heteroatoms. The second-order valence-corrected chi connectivity index (χ2v) is 6.95. The van der Waals surface area contributed by atoms with Gasteiger partial charge in [-0.1, -0.05) is 6.92 Å². The van der Waals surface area contributed by atoms with Crippen molar-refractivity contribution >= 4 is 37.8 Å². The summed E-state index contributed by atoms with van der Waals surface area (Å²) in [4.78, 5) is 4.58. The molecule has 0 saturated heterocycles. The van der Waals surface area contributed by atoms with Crippen molar-refractivity contribution in [2.24, 2.45) is 7.05 Å². The standard InChI is InChI=1S/C11H14N6O2S2/c1-3-7-8(6-16(2)14-7)15-21(18,19)10-9(12)13-11-17(10)4-5-20-11/h4-6,15H,3,12H2,1-2H3. The van der Waals surface area contributed by atoms with Gasteiger partial charge < -0.3 is 5.73 Å². The van der Waals surface area contributed by atoms with Crippen LogP contribution in [0.15, 0.2) is 22.8 Å². The number of sulfonamides is 1. The van der Waals surface area contributed by atoms with Gasteiger partial charge in [-0.2, -0.15) is 13.5 Å². The van der Waals surface area contributed by atoms with E-state index >= 15 is 0 Å². The quantitative estimate of drug-likeness (QED) is 0.746. The zero-order valence-electron chi connectivity index (χ0n) is 11.4. The highest BCUT2D eigenvalue weighted by atomic mass is 32.2. The number of aryl methyl sites for hydroxylation is 2. The molecule has 0 aliphatic rings. The van der Waals surface area contributed by atoms with Crippen molar-refractivity contribution in [2.75, 3.05) is 10.5 Å². The molecular weight excluding hydrogens is 312 g/mol. The van der Waals surface area contributed by atoms with Crippen LogP contribution in [0.25, 0.3) is 4.96 Å². The summed E-state index contributed by atoms with van der Waals surface area (Å²) >= 11 is 1.32. The number of hydrogen-bond acceptors (Lipinski definition) is 6. The van der Waals surface area contributed by atoms with Gasteiger partial charge in [0.25, 0.3) is 10.0 Å². The van der Waals surface area contributed by atoms with Crippen molar-refractivity contribution in [1.82, 2.24) is 19.2 Å². The van der Waals surface area contributed by atoms with E-state index < -0.39 is 10.0 Å². The minimum absolute atomic E-state index is 0.0173. The Balaban J connectivity index is 2.08. The van der Waals surface area contributed by atoms with Gasteiger partial charge in [0.15, 0.2) is 10.8 Å². The molecule has 0 saturated carbocycles. The molecule has 112 valence electrons. The Morgan fingerprint density at radius 2 is 2.24 bits per heavy atom. The van der Waals surface area contributed by atoms with E-state index in [1.807, 2.05) is 6.92 Å². The molecule has 0 spiro atoms. The first-order valence-electron chi connectivity index (χ1n) is 6.18. The molecule has 0 amide bonds. The number of imidazole rings is 1. The van der Waals surface area contributed by atoms with Gasteiger partial charge in [0.05, 0.1) is 11.4 Å². The van der Waals surface area contributed by atoms with E-state index in [1.54, 1.807) is 29.5 Å². The number of nitrogens with one attached hydrogen (secondary N) is 1. The molecule has 3 rings (SSSR count). The van der Waals surface area contributed by atoms with Crippen LogP contribution >= 0.6 is 11.3 Å². The predicted octanol–water partition coefficient (Wildman–Crippen LogP) is 1.07. The lowest BCUT2D eigenvalue weighted by molar-refractivity contribution is 0.597. The first kappa shape index (κ1) is 13.9. The Morgan fingerprint density at radius 3 is 2.95 bits per heavy atom. The molecule has 0 aliphatic carbocycles. The van der Waals surface area contributed by atoms with Crippen LogP contribution in [-0.4, -0.2) is 27.6 Å². The average Bonchev–Trinajstić information content (AvgIpc) is 3.02. The van der Waals surface area contributed by atoms with Crippen molar-refractivity contribution in [3.63, 3.8) is 0 Å². The number of anilines is 2. The Kier molecular flexibility index (Phi) is 3.14. The van der Waals surface area contributed by atoms with Crippen LogP contribution in [0.2, 0.25) is 0 Å². The molecule has 3 aromatic rings. The summed E-state index contributed by atoms with van der Waals surface area (Å²) < 4.78 is 30.7. The van der Waals surface area contributed by atoms with Gasteiger partial charge in [-0.05, 0) is 6.42 Å². The zero-order chi connectivity index (χ0) is 15.2. The monoisotopic (exact) mass is 326 g/mol. The van der Waals surface area contributed by atoms with Gasteiger partial charge in [-0.3, -0.25) is 13.8 Å². The summed E-state index contributed by atoms with van der Waals surface area (Å²) in [6.07, 6.45) is 3.87. The van der Waals surface area contributed by atoms with Gasteiger partial charge in [0, 0.05) is 24.8 Å². The van der Waals surface area contributed by atoms with Crippen LogP contribution in [0, 0.1) is 0 Å². The van der Waals surface area contributed by atoms with E-state index in [-0.39, 0.29) is 10.8 Å². The molecule has 0 aromatic carbocycles. The van der Waals surface area contributed by atoms with Crippen LogP contribution < -0.4 is 10.5 Å². The second-order valence-electron chi connectivity index (χ2n) is 4.48. The first-order chi connectivity index (χ1) is 9.92. The van der Waals surface area contributed by atoms with Gasteiger partial charge in [0.2, 0.25) is 5.03 Å². The lowest BCUT2D eigenvalue weighted by Crippen LogP contribution is -2.17. The smallest absolute Gasteiger partial charge is 0.281 e. The number of thiazole rings is 1. The minimum Gasteiger partial charge on any atom is -0.381 e. The van der Waals surface area contributed by atoms with E-state index in [1.165, 1.54) is 15.7 Å². The molecule has 0 fully saturated rings. The van der Waals surface area contributed by atoms with Crippen LogP contribution in [0.3, 0.4) is 0 Å². The third-order valence-corrected chi connectivity index (χ3v) is 5.14. The molecule has 0 unspecified atom stereocenters. The average molecular weight is 326 g/mol. The highest BCUT2D eigenvalue weighted by molar-refractivity contribution is 7.92. The summed E-state index contributed by atoms with van der Waals surface area (Å²) in [7, 11) is -2.10. The van der Waals surface area contributed by atoms with Gasteiger partial charge in [-0.25, -0.2) is 4.98 Å². The van der Waals surface area contributed by atoms with Gasteiger partial charge >= 0.3 is 0 Å². The summed E-state index contributed by atoms with van der Waals surface area (Å²) in [5.41, 5.74) is 6.87. The predicted molar refractivity (Wildman–Crippen MR) is 80.9 cm³/mol. The van der Waals surface area contributed by atoms with Crippen LogP contribution in [0.1, 0.15) is 12.6 Å². The number of hydrogen-bond donors (Lipinski definition) is 2. The Labute approximate surface area is 125 Å². The van der Waals surface area contributed by atoms with E-state index in [9.17, 15) is 8.42 Å². The maximum atomic E-state index is 12.6. The molecule has 0 atom stereocenters. The Hall–Kier alpha value is -2.07. The van der Waals surface area contributed by atoms with Crippen LogP contribution in [-0.2, 0) is 23.5 Å². The highest BCUT2D eigenvalue weighted by Gasteiger charge is 2.26. The molecule has 3 N–H and O–H groups in total. The summed E-state index contributed by atoms with van der Waals surface area (Å²) in [5.74, 6) is -0.0173. The van der Waals surface area contributed by atoms with Crippen LogP contribution in [0.5, 0.6) is 0 Å². The second kappa shape index (κ2) is 4.74. The van der Waals surface area contributed by atoms with Crippen molar-refractivity contribution in [1.29, 1.82) is 0 Å². The van der Waals surface area contributed by atoms with E-state index in [2.05, 4.69) is 14.8 Å². The fourth-order valence-electron chi connectivity index (χ4n) is 2.12. The fraction of sp³-hybridized carbons (Fsp3) is 0.273. The summed E-state index contributed by atoms with van der Waals surface area (Å²) in [6, 6.07) is 0. The van der Waals surface area contributed by atoms with E-state index in [4.69, 9.17) is 5.73 Å². The number of nitrogens with zero attached hydrogens (tertiary/aromatic N) is 4. The van der Waals surface area contributed by atoms with E-state index in [0.717, 1.165) is 0 Å². The number of nitrogen functional groups attached to an aromatic ring is 1. The topological polar surface area (TPSA) is 107 Å². The lowest BCUT2D eigenvalue weighted by Gasteiger charge is -2.07. The molecule has 0 radical (unpaired) electrons. The molecule has 21 heavy (non-hydrogen) atoms. The summed E-state index contributed by atoms with van der Waals surface area (Å²) in [5, 5.41) is 5.91. The minimum atomic E-state index is -3.84. The SMILES string of the molecule is CCc1nn(C)cc1NS(=O)(=O)c1c(N)nc2sccn12. The number of nitrogens with two attached hydrogens (primary N) is 1. The molecule has 3 aromatic heterocycles. The molecule has 0 bridgehead atoms.